The lowest BCUT2D eigenvalue weighted by molar-refractivity contribution is -0.136. The number of rotatable bonds is 6. The first-order chi connectivity index (χ1) is 16.0. The van der Waals surface area contributed by atoms with Gasteiger partial charge in [0.1, 0.15) is 34.6 Å². The summed E-state index contributed by atoms with van der Waals surface area (Å²) in [6.07, 6.45) is 0. The third kappa shape index (κ3) is 4.75. The van der Waals surface area contributed by atoms with Crippen molar-refractivity contribution in [2.75, 3.05) is 13.7 Å². The van der Waals surface area contributed by atoms with Crippen LogP contribution in [0, 0.1) is 18.3 Å². The average molecular weight is 442 g/mol. The van der Waals surface area contributed by atoms with E-state index >= 15 is 0 Å². The van der Waals surface area contributed by atoms with E-state index in [1.807, 2.05) is 49.4 Å². The summed E-state index contributed by atoms with van der Waals surface area (Å²) < 4.78 is 21.9. The van der Waals surface area contributed by atoms with E-state index in [0.29, 0.717) is 22.8 Å². The Morgan fingerprint density at radius 2 is 1.85 bits per heavy atom. The molecule has 166 valence electrons. The van der Waals surface area contributed by atoms with Gasteiger partial charge < -0.3 is 24.7 Å². The highest BCUT2D eigenvalue weighted by molar-refractivity contribution is 5.74. The quantitative estimate of drug-likeness (QED) is 0.450. The molecule has 7 nitrogen and oxygen atoms in total. The molecule has 0 radical (unpaired) electrons. The van der Waals surface area contributed by atoms with Crippen LogP contribution >= 0.6 is 0 Å². The van der Waals surface area contributed by atoms with Gasteiger partial charge in [-0.15, -0.1) is 0 Å². The first-order valence-electron chi connectivity index (χ1n) is 10.2. The molecule has 0 amide bonds. The third-order valence-electron chi connectivity index (χ3n) is 5.20. The van der Waals surface area contributed by atoms with Crippen LogP contribution in [0.5, 0.6) is 23.0 Å². The van der Waals surface area contributed by atoms with Gasteiger partial charge in [0, 0.05) is 11.6 Å². The van der Waals surface area contributed by atoms with E-state index in [1.165, 1.54) is 0 Å². The number of esters is 1. The molecule has 1 atom stereocenters. The minimum Gasteiger partial charge on any atom is -0.497 e. The van der Waals surface area contributed by atoms with Crippen LogP contribution in [0.2, 0.25) is 0 Å². The molecule has 1 aliphatic heterocycles. The van der Waals surface area contributed by atoms with Crippen LogP contribution in [-0.4, -0.2) is 19.7 Å². The molecule has 7 heteroatoms. The van der Waals surface area contributed by atoms with Crippen molar-refractivity contribution >= 4 is 5.97 Å². The van der Waals surface area contributed by atoms with Gasteiger partial charge in [0.15, 0.2) is 6.61 Å². The number of ether oxygens (including phenoxy) is 4. The minimum atomic E-state index is -0.558. The molecule has 0 saturated carbocycles. The largest absolute Gasteiger partial charge is 0.497 e. The number of carbonyl (C=O) groups is 1. The van der Waals surface area contributed by atoms with Gasteiger partial charge in [0.25, 0.3) is 0 Å². The molecule has 0 aromatic heterocycles. The molecule has 1 unspecified atom stereocenters. The van der Waals surface area contributed by atoms with E-state index in [-0.39, 0.29) is 18.2 Å². The second-order valence-corrected chi connectivity index (χ2v) is 7.48. The molecule has 1 heterocycles. The zero-order chi connectivity index (χ0) is 23.4. The maximum Gasteiger partial charge on any atom is 0.349 e. The van der Waals surface area contributed by atoms with Gasteiger partial charge in [-0.2, -0.15) is 5.26 Å². The highest BCUT2D eigenvalue weighted by Crippen LogP contribution is 2.43. The molecule has 0 spiro atoms. The first kappa shape index (κ1) is 21.8. The number of nitrogens with two attached hydrogens (primary N) is 1. The summed E-state index contributed by atoms with van der Waals surface area (Å²) in [5.41, 5.74) is 8.94. The van der Waals surface area contributed by atoms with Crippen molar-refractivity contribution in [1.82, 2.24) is 0 Å². The summed E-state index contributed by atoms with van der Waals surface area (Å²) in [5, 5.41) is 9.71. The summed E-state index contributed by atoms with van der Waals surface area (Å²) in [6, 6.07) is 21.9. The molecule has 3 aromatic rings. The molecule has 33 heavy (non-hydrogen) atoms. The van der Waals surface area contributed by atoms with Gasteiger partial charge >= 0.3 is 5.97 Å². The van der Waals surface area contributed by atoms with E-state index in [9.17, 15) is 10.1 Å². The molecule has 4 rings (SSSR count). The lowest BCUT2D eigenvalue weighted by atomic mass is 9.83. The minimum absolute atomic E-state index is 0.00378. The Bertz CT molecular complexity index is 1280. The van der Waals surface area contributed by atoms with Gasteiger partial charge in [-0.1, -0.05) is 30.3 Å². The number of nitriles is 1. The van der Waals surface area contributed by atoms with E-state index < -0.39 is 11.9 Å². The smallest absolute Gasteiger partial charge is 0.349 e. The molecule has 0 fully saturated rings. The van der Waals surface area contributed by atoms with Gasteiger partial charge in [0.05, 0.1) is 13.0 Å². The van der Waals surface area contributed by atoms with Gasteiger partial charge in [-0.3, -0.25) is 0 Å². The molecule has 3 aromatic carbocycles. The number of nitrogens with zero attached hydrogens (tertiary/aromatic N) is 1. The fourth-order valence-corrected chi connectivity index (χ4v) is 3.67. The average Bonchev–Trinajstić information content (AvgIpc) is 2.82. The Kier molecular flexibility index (Phi) is 6.18. The predicted molar refractivity (Wildman–Crippen MR) is 121 cm³/mol. The molecule has 1 aliphatic rings. The van der Waals surface area contributed by atoms with Gasteiger partial charge in [-0.05, 0) is 48.4 Å². The number of aryl methyl sites for hydroxylation is 1. The second-order valence-electron chi connectivity index (χ2n) is 7.48. The predicted octanol–water partition coefficient (Wildman–Crippen LogP) is 4.21. The summed E-state index contributed by atoms with van der Waals surface area (Å²) >= 11 is 0. The number of carbonyl (C=O) groups excluding carboxylic acids is 1. The number of fused-ring (bicyclic) bond motifs is 1. The van der Waals surface area contributed by atoms with Crippen LogP contribution in [0.25, 0.3) is 0 Å². The Labute approximate surface area is 191 Å². The molecule has 0 saturated heterocycles. The topological polar surface area (TPSA) is 104 Å². The second kappa shape index (κ2) is 9.37. The van der Waals surface area contributed by atoms with Crippen LogP contribution in [0.4, 0.5) is 0 Å². The Morgan fingerprint density at radius 3 is 2.61 bits per heavy atom. The summed E-state index contributed by atoms with van der Waals surface area (Å²) in [5.74, 6) is 0.943. The number of methoxy groups -OCH3 is 1. The Balaban J connectivity index is 1.56. The normalized spacial score (nSPS) is 14.5. The molecule has 0 aliphatic carbocycles. The fraction of sp³-hybridized carbons (Fsp3) is 0.154. The zero-order valence-corrected chi connectivity index (χ0v) is 18.2. The molecule has 0 bridgehead atoms. The van der Waals surface area contributed by atoms with E-state index in [2.05, 4.69) is 6.07 Å². The van der Waals surface area contributed by atoms with Gasteiger partial charge in [-0.25, -0.2) is 4.79 Å². The van der Waals surface area contributed by atoms with Crippen molar-refractivity contribution in [2.24, 2.45) is 5.73 Å². The summed E-state index contributed by atoms with van der Waals surface area (Å²) in [6.45, 7) is 1.70. The monoisotopic (exact) mass is 442 g/mol. The first-order valence-corrected chi connectivity index (χ1v) is 10.2. The van der Waals surface area contributed by atoms with Crippen LogP contribution in [-0.2, 0) is 4.79 Å². The number of benzene rings is 3. The van der Waals surface area contributed by atoms with E-state index in [4.69, 9.17) is 24.7 Å². The van der Waals surface area contributed by atoms with Crippen LogP contribution in [0.3, 0.4) is 0 Å². The lowest BCUT2D eigenvalue weighted by Gasteiger charge is -2.27. The lowest BCUT2D eigenvalue weighted by Crippen LogP contribution is -2.21. The number of hydrogen-bond donors (Lipinski definition) is 1. The van der Waals surface area contributed by atoms with Crippen molar-refractivity contribution in [2.45, 2.75) is 12.8 Å². The van der Waals surface area contributed by atoms with Crippen molar-refractivity contribution in [3.8, 4) is 29.1 Å². The van der Waals surface area contributed by atoms with Crippen molar-refractivity contribution in [3.05, 3.63) is 94.9 Å². The van der Waals surface area contributed by atoms with Crippen molar-refractivity contribution < 1.29 is 23.7 Å². The summed E-state index contributed by atoms with van der Waals surface area (Å²) in [4.78, 5) is 12.3. The molecular weight excluding hydrogens is 420 g/mol. The molecular formula is C26H22N2O5. The van der Waals surface area contributed by atoms with Crippen LogP contribution in [0.15, 0.2) is 78.2 Å². The summed E-state index contributed by atoms with van der Waals surface area (Å²) in [7, 11) is 1.58. The van der Waals surface area contributed by atoms with E-state index in [1.54, 1.807) is 31.4 Å². The highest BCUT2D eigenvalue weighted by atomic mass is 16.6. The molecule has 2 N–H and O–H groups in total. The fourth-order valence-electron chi connectivity index (χ4n) is 3.67. The number of allylic oxidation sites excluding steroid dienone is 1. The van der Waals surface area contributed by atoms with Crippen LogP contribution < -0.4 is 24.7 Å². The maximum atomic E-state index is 12.3. The highest BCUT2D eigenvalue weighted by Gasteiger charge is 2.31. The van der Waals surface area contributed by atoms with Crippen molar-refractivity contribution in [3.63, 3.8) is 0 Å². The van der Waals surface area contributed by atoms with Crippen LogP contribution in [0.1, 0.15) is 22.6 Å². The van der Waals surface area contributed by atoms with Crippen molar-refractivity contribution in [1.29, 1.82) is 5.26 Å². The van der Waals surface area contributed by atoms with E-state index in [0.717, 1.165) is 16.7 Å². The maximum absolute atomic E-state index is 12.3. The third-order valence-corrected chi connectivity index (χ3v) is 5.20. The number of hydrogen-bond acceptors (Lipinski definition) is 7. The Morgan fingerprint density at radius 1 is 1.06 bits per heavy atom. The zero-order valence-electron chi connectivity index (χ0n) is 18.2. The van der Waals surface area contributed by atoms with Gasteiger partial charge in [0.2, 0.25) is 5.88 Å². The Hall–Kier alpha value is -4.44. The standard InChI is InChI=1S/C26H22N2O5/c1-16-5-3-8-19(11-16)31-15-24(29)32-20-9-10-21-23(13-20)33-26(28)22(14-27)25(21)17-6-4-7-18(12-17)30-2/h3-13,25H,15,28H2,1-2H3. The SMILES string of the molecule is COc1cccc(C2C(C#N)=C(N)Oc3cc(OC(=O)COc4cccc(C)c4)ccc32)c1.